The second-order valence-electron chi connectivity index (χ2n) is 6.79. The first-order valence-electron chi connectivity index (χ1n) is 9.47. The number of carbonyl (C=O) groups excluding carboxylic acids is 1. The highest BCUT2D eigenvalue weighted by Gasteiger charge is 2.13. The van der Waals surface area contributed by atoms with Crippen LogP contribution in [-0.2, 0) is 14.3 Å². The van der Waals surface area contributed by atoms with Crippen LogP contribution in [0.5, 0.6) is 5.75 Å². The topological polar surface area (TPSA) is 127 Å². The number of aliphatic carboxylic acids is 1. The number of carbonyl (C=O) groups is 2. The number of phenolic OH excluding ortho intramolecular Hbond substituents is 1. The lowest BCUT2D eigenvalue weighted by molar-refractivity contribution is -0.384. The number of benzene rings is 2. The first-order chi connectivity index (χ1) is 14.5. The van der Waals surface area contributed by atoms with E-state index in [1.165, 1.54) is 19.1 Å². The number of aromatic hydroxyl groups is 1. The molecule has 31 heavy (non-hydrogen) atoms. The molecule has 1 atom stereocenters. The number of nitro benzene ring substituents is 1. The van der Waals surface area contributed by atoms with Gasteiger partial charge in [0.2, 0.25) is 0 Å². The zero-order valence-corrected chi connectivity index (χ0v) is 18.1. The second kappa shape index (κ2) is 14.3. The Hall–Kier alpha value is -3.68. The minimum atomic E-state index is -0.741. The van der Waals surface area contributed by atoms with Crippen LogP contribution in [-0.4, -0.2) is 33.7 Å². The number of carboxylic acid groups (broad SMARTS) is 1. The summed E-state index contributed by atoms with van der Waals surface area (Å²) in [6.45, 7) is 10.4. The molecule has 0 radical (unpaired) electrons. The lowest BCUT2D eigenvalue weighted by Crippen LogP contribution is -2.09. The number of hydrogen-bond donors (Lipinski definition) is 2. The van der Waals surface area contributed by atoms with E-state index in [-0.39, 0.29) is 35.8 Å². The minimum absolute atomic E-state index is 0.137. The number of hydrogen-bond acceptors (Lipinski definition) is 6. The Kier molecular flexibility index (Phi) is 12.6. The Morgan fingerprint density at radius 3 is 2.10 bits per heavy atom. The van der Waals surface area contributed by atoms with E-state index in [1.807, 2.05) is 19.1 Å². The molecule has 0 bridgehead atoms. The summed E-state index contributed by atoms with van der Waals surface area (Å²) in [5.74, 6) is -1.28. The van der Waals surface area contributed by atoms with E-state index in [4.69, 9.17) is 9.84 Å². The van der Waals surface area contributed by atoms with Crippen molar-refractivity contribution >= 4 is 17.6 Å². The second-order valence-corrected chi connectivity index (χ2v) is 6.79. The Bertz CT molecular complexity index is 863. The number of non-ortho nitro benzene ring substituents is 1. The molecule has 0 heterocycles. The predicted molar refractivity (Wildman–Crippen MR) is 118 cm³/mol. The molecule has 0 aliphatic rings. The molecule has 0 saturated heterocycles. The molecule has 168 valence electrons. The third-order valence-electron chi connectivity index (χ3n) is 3.80. The molecule has 1 unspecified atom stereocenters. The van der Waals surface area contributed by atoms with Gasteiger partial charge in [0.25, 0.3) is 5.69 Å². The highest BCUT2D eigenvalue weighted by atomic mass is 16.6. The van der Waals surface area contributed by atoms with Crippen LogP contribution in [0.25, 0.3) is 0 Å². The summed E-state index contributed by atoms with van der Waals surface area (Å²) >= 11 is 0. The highest BCUT2D eigenvalue weighted by Crippen LogP contribution is 2.27. The molecule has 0 spiro atoms. The lowest BCUT2D eigenvalue weighted by atomic mass is 9.98. The van der Waals surface area contributed by atoms with E-state index in [0.717, 1.165) is 11.1 Å². The van der Waals surface area contributed by atoms with Gasteiger partial charge in [-0.2, -0.15) is 0 Å². The van der Waals surface area contributed by atoms with Crippen LogP contribution < -0.4 is 0 Å². The largest absolute Gasteiger partial charge is 0.508 e. The first-order valence-corrected chi connectivity index (χ1v) is 9.47. The number of esters is 1. The van der Waals surface area contributed by atoms with Gasteiger partial charge in [-0.15, -0.1) is 6.58 Å². The van der Waals surface area contributed by atoms with E-state index in [0.29, 0.717) is 0 Å². The van der Waals surface area contributed by atoms with E-state index in [1.54, 1.807) is 44.2 Å². The molecule has 2 rings (SSSR count). The van der Waals surface area contributed by atoms with Crippen molar-refractivity contribution in [2.45, 2.75) is 33.6 Å². The number of carboxylic acids is 1. The van der Waals surface area contributed by atoms with Gasteiger partial charge in [0.1, 0.15) is 12.4 Å². The molecule has 0 fully saturated rings. The molecule has 2 N–H and O–H groups in total. The Morgan fingerprint density at radius 2 is 1.74 bits per heavy atom. The van der Waals surface area contributed by atoms with Crippen LogP contribution in [0.2, 0.25) is 0 Å². The zero-order valence-electron chi connectivity index (χ0n) is 18.1. The number of rotatable bonds is 6. The molecular formula is C23H29NO7. The fourth-order valence-electron chi connectivity index (χ4n) is 2.01. The van der Waals surface area contributed by atoms with E-state index >= 15 is 0 Å². The SMILES string of the molecule is C=CC(COC(C)=O)c1ccc(C)cc1O.CC(C)C(=O)O.O=[N+]([O-])c1ccccc1. The van der Waals surface area contributed by atoms with Crippen molar-refractivity contribution in [2.75, 3.05) is 6.61 Å². The average Bonchev–Trinajstić information content (AvgIpc) is 2.71. The maximum absolute atomic E-state index is 10.7. The summed E-state index contributed by atoms with van der Waals surface area (Å²) in [4.78, 5) is 30.0. The van der Waals surface area contributed by atoms with Crippen LogP contribution in [0.1, 0.15) is 37.8 Å². The highest BCUT2D eigenvalue weighted by molar-refractivity contribution is 5.68. The van der Waals surface area contributed by atoms with E-state index < -0.39 is 10.9 Å². The molecule has 8 heteroatoms. The molecule has 0 aromatic heterocycles. The van der Waals surface area contributed by atoms with Crippen LogP contribution in [0.15, 0.2) is 61.2 Å². The van der Waals surface area contributed by atoms with Gasteiger partial charge >= 0.3 is 11.9 Å². The molecular weight excluding hydrogens is 402 g/mol. The summed E-state index contributed by atoms with van der Waals surface area (Å²) in [7, 11) is 0. The van der Waals surface area contributed by atoms with Crippen LogP contribution in [0.3, 0.4) is 0 Å². The number of nitrogens with zero attached hydrogens (tertiary/aromatic N) is 1. The first kappa shape index (κ1) is 27.3. The minimum Gasteiger partial charge on any atom is -0.508 e. The van der Waals surface area contributed by atoms with Gasteiger partial charge in [0.15, 0.2) is 0 Å². The van der Waals surface area contributed by atoms with Gasteiger partial charge in [-0.3, -0.25) is 19.7 Å². The van der Waals surface area contributed by atoms with Gasteiger partial charge in [-0.05, 0) is 18.6 Å². The van der Waals surface area contributed by atoms with Crippen molar-refractivity contribution in [2.24, 2.45) is 5.92 Å². The molecule has 0 aliphatic carbocycles. The fourth-order valence-corrected chi connectivity index (χ4v) is 2.01. The lowest BCUT2D eigenvalue weighted by Gasteiger charge is -2.14. The van der Waals surface area contributed by atoms with Crippen molar-refractivity contribution in [3.05, 3.63) is 82.4 Å². The van der Waals surface area contributed by atoms with Crippen molar-refractivity contribution in [1.82, 2.24) is 0 Å². The third-order valence-corrected chi connectivity index (χ3v) is 3.80. The molecule has 8 nitrogen and oxygen atoms in total. The fraction of sp³-hybridized carbons (Fsp3) is 0.304. The van der Waals surface area contributed by atoms with E-state index in [2.05, 4.69) is 6.58 Å². The maximum Gasteiger partial charge on any atom is 0.305 e. The summed E-state index contributed by atoms with van der Waals surface area (Å²) < 4.78 is 4.91. The van der Waals surface area contributed by atoms with Gasteiger partial charge in [-0.1, -0.05) is 50.3 Å². The number of nitro groups is 1. The van der Waals surface area contributed by atoms with Gasteiger partial charge in [0.05, 0.1) is 10.8 Å². The van der Waals surface area contributed by atoms with Crippen molar-refractivity contribution < 1.29 is 29.5 Å². The standard InChI is InChI=1S/C13H16O3.C6H5NO2.C4H8O2/c1-4-11(8-16-10(3)14)12-6-5-9(2)7-13(12)15;8-7(9)6-4-2-1-3-5-6;1-3(2)4(5)6/h4-7,11,15H,1,8H2,2-3H3;1-5H;3H,1-2H3,(H,5,6). The van der Waals surface area contributed by atoms with Gasteiger partial charge in [-0.25, -0.2) is 0 Å². The van der Waals surface area contributed by atoms with E-state index in [9.17, 15) is 24.8 Å². The van der Waals surface area contributed by atoms with Crippen molar-refractivity contribution in [3.63, 3.8) is 0 Å². The Labute approximate surface area is 182 Å². The number of aryl methyl sites for hydroxylation is 1. The zero-order chi connectivity index (χ0) is 24.0. The number of para-hydroxylation sites is 1. The van der Waals surface area contributed by atoms with Gasteiger partial charge < -0.3 is 14.9 Å². The smallest absolute Gasteiger partial charge is 0.305 e. The predicted octanol–water partition coefficient (Wildman–Crippen LogP) is 4.86. The number of phenols is 1. The summed E-state index contributed by atoms with van der Waals surface area (Å²) in [6, 6.07) is 13.3. The van der Waals surface area contributed by atoms with Crippen LogP contribution >= 0.6 is 0 Å². The molecule has 2 aromatic carbocycles. The van der Waals surface area contributed by atoms with Crippen LogP contribution in [0.4, 0.5) is 5.69 Å². The summed E-state index contributed by atoms with van der Waals surface area (Å²) in [6.07, 6.45) is 1.66. The molecule has 0 saturated carbocycles. The van der Waals surface area contributed by atoms with Crippen molar-refractivity contribution in [1.29, 1.82) is 0 Å². The average molecular weight is 431 g/mol. The Balaban J connectivity index is 0.000000503. The van der Waals surface area contributed by atoms with Crippen LogP contribution in [0, 0.1) is 23.0 Å². The molecule has 0 aliphatic heterocycles. The summed E-state index contributed by atoms with van der Waals surface area (Å²) in [5.41, 5.74) is 1.84. The van der Waals surface area contributed by atoms with Crippen molar-refractivity contribution in [3.8, 4) is 5.75 Å². The monoisotopic (exact) mass is 431 g/mol. The third kappa shape index (κ3) is 11.8. The molecule has 0 amide bonds. The summed E-state index contributed by atoms with van der Waals surface area (Å²) in [5, 5.41) is 27.8. The Morgan fingerprint density at radius 1 is 1.19 bits per heavy atom. The number of ether oxygens (including phenoxy) is 1. The van der Waals surface area contributed by atoms with Gasteiger partial charge in [0, 0.05) is 30.5 Å². The molecule has 2 aromatic rings. The normalized spacial score (nSPS) is 10.5. The quantitative estimate of drug-likeness (QED) is 0.289. The maximum atomic E-state index is 10.7.